The molecule has 1 aliphatic heterocycles. The average molecular weight is 287 g/mol. The van der Waals surface area contributed by atoms with Gasteiger partial charge < -0.3 is 11.1 Å². The Hall–Kier alpha value is -2.32. The second-order valence-corrected chi connectivity index (χ2v) is 4.48. The van der Waals surface area contributed by atoms with E-state index in [2.05, 4.69) is 15.4 Å². The summed E-state index contributed by atoms with van der Waals surface area (Å²) in [7, 11) is 0. The summed E-state index contributed by atoms with van der Waals surface area (Å²) in [5, 5.41) is 6.11. The summed E-state index contributed by atoms with van der Waals surface area (Å²) >= 11 is 0. The summed E-state index contributed by atoms with van der Waals surface area (Å²) in [6, 6.07) is 2.45. The van der Waals surface area contributed by atoms with Gasteiger partial charge in [0.1, 0.15) is 18.1 Å². The van der Waals surface area contributed by atoms with Crippen molar-refractivity contribution in [1.29, 1.82) is 0 Å². The zero-order valence-electron chi connectivity index (χ0n) is 9.95. The van der Waals surface area contributed by atoms with Gasteiger partial charge in [-0.25, -0.2) is 9.07 Å². The van der Waals surface area contributed by atoms with Crippen molar-refractivity contribution in [3.8, 4) is 5.69 Å². The SMILES string of the molecule is Nc1cc2n(n1)-c1cnccc1C(F)(CC(F)(F)F)N2. The Morgan fingerprint density at radius 1 is 1.40 bits per heavy atom. The van der Waals surface area contributed by atoms with Crippen LogP contribution in [0.5, 0.6) is 0 Å². The van der Waals surface area contributed by atoms with Crippen LogP contribution in [0.2, 0.25) is 0 Å². The fraction of sp³-hybridized carbons (Fsp3) is 0.273. The fourth-order valence-electron chi connectivity index (χ4n) is 2.25. The third kappa shape index (κ3) is 1.95. The summed E-state index contributed by atoms with van der Waals surface area (Å²) < 4.78 is 53.9. The standard InChI is InChI=1S/C11H9F4N5/c12-10(5-11(13,14)15)6-1-2-17-4-7(6)20-9(18-10)3-8(16)19-20/h1-4,18H,5H2,(H2,16,19). The zero-order valence-corrected chi connectivity index (χ0v) is 9.95. The molecule has 0 bridgehead atoms. The molecule has 1 atom stereocenters. The van der Waals surface area contributed by atoms with Gasteiger partial charge in [-0.05, 0) is 6.07 Å². The maximum absolute atomic E-state index is 14.8. The summed E-state index contributed by atoms with van der Waals surface area (Å²) in [4.78, 5) is 3.79. The van der Waals surface area contributed by atoms with Crippen molar-refractivity contribution in [3.63, 3.8) is 0 Å². The molecular weight excluding hydrogens is 278 g/mol. The molecule has 2 aromatic rings. The van der Waals surface area contributed by atoms with Crippen molar-refractivity contribution >= 4 is 11.6 Å². The second-order valence-electron chi connectivity index (χ2n) is 4.48. The first-order valence-corrected chi connectivity index (χ1v) is 5.63. The molecule has 0 fully saturated rings. The smallest absolute Gasteiger partial charge is 0.382 e. The summed E-state index contributed by atoms with van der Waals surface area (Å²) in [6.07, 6.45) is -3.86. The molecule has 0 aromatic carbocycles. The number of anilines is 2. The number of nitrogen functional groups attached to an aromatic ring is 1. The minimum Gasteiger partial charge on any atom is -0.382 e. The molecule has 2 aromatic heterocycles. The number of hydrogen-bond acceptors (Lipinski definition) is 4. The molecule has 0 amide bonds. The third-order valence-corrected chi connectivity index (χ3v) is 2.95. The van der Waals surface area contributed by atoms with Gasteiger partial charge >= 0.3 is 6.18 Å². The second kappa shape index (κ2) is 3.84. The van der Waals surface area contributed by atoms with Gasteiger partial charge in [-0.2, -0.15) is 13.2 Å². The minimum atomic E-state index is -4.67. The number of pyridine rings is 1. The zero-order chi connectivity index (χ0) is 14.5. The van der Waals surface area contributed by atoms with Gasteiger partial charge in [0, 0.05) is 17.8 Å². The molecule has 1 unspecified atom stereocenters. The Bertz CT molecular complexity index is 665. The quantitative estimate of drug-likeness (QED) is 0.624. The normalized spacial score (nSPS) is 21.0. The minimum absolute atomic E-state index is 0.0507. The van der Waals surface area contributed by atoms with Gasteiger partial charge in [-0.15, -0.1) is 5.10 Å². The number of aromatic nitrogens is 3. The predicted octanol–water partition coefficient (Wildman–Crippen LogP) is 2.35. The number of hydrogen-bond donors (Lipinski definition) is 2. The van der Waals surface area contributed by atoms with Gasteiger partial charge in [0.25, 0.3) is 0 Å². The van der Waals surface area contributed by atoms with Crippen LogP contribution in [0.3, 0.4) is 0 Å². The highest BCUT2D eigenvalue weighted by atomic mass is 19.4. The first kappa shape index (κ1) is 12.7. The molecule has 3 N–H and O–H groups in total. The summed E-state index contributed by atoms with van der Waals surface area (Å²) in [5.74, 6) is -2.66. The third-order valence-electron chi connectivity index (χ3n) is 2.95. The molecular formula is C11H9F4N5. The molecule has 20 heavy (non-hydrogen) atoms. The molecule has 0 spiro atoms. The molecule has 5 nitrogen and oxygen atoms in total. The van der Waals surface area contributed by atoms with Gasteiger partial charge in [0.15, 0.2) is 0 Å². The Balaban J connectivity index is 2.17. The van der Waals surface area contributed by atoms with Gasteiger partial charge in [-0.3, -0.25) is 4.98 Å². The van der Waals surface area contributed by atoms with Crippen molar-refractivity contribution in [1.82, 2.24) is 14.8 Å². The van der Waals surface area contributed by atoms with Crippen molar-refractivity contribution in [3.05, 3.63) is 30.1 Å². The molecule has 0 saturated carbocycles. The fourth-order valence-corrected chi connectivity index (χ4v) is 2.25. The largest absolute Gasteiger partial charge is 0.394 e. The van der Waals surface area contributed by atoms with Crippen LogP contribution in [-0.2, 0) is 5.79 Å². The highest BCUT2D eigenvalue weighted by Gasteiger charge is 2.48. The van der Waals surface area contributed by atoms with E-state index in [-0.39, 0.29) is 22.9 Å². The lowest BCUT2D eigenvalue weighted by molar-refractivity contribution is -0.159. The van der Waals surface area contributed by atoms with E-state index in [0.29, 0.717) is 0 Å². The Morgan fingerprint density at radius 3 is 2.85 bits per heavy atom. The maximum Gasteiger partial charge on any atom is 0.394 e. The number of nitrogens with one attached hydrogen (secondary N) is 1. The topological polar surface area (TPSA) is 68.8 Å². The molecule has 106 valence electrons. The molecule has 3 rings (SSSR count). The van der Waals surface area contributed by atoms with Gasteiger partial charge in [0.2, 0.25) is 5.79 Å². The summed E-state index contributed by atoms with van der Waals surface area (Å²) in [5.41, 5.74) is 5.44. The molecule has 1 aliphatic rings. The van der Waals surface area contributed by atoms with E-state index in [4.69, 9.17) is 5.73 Å². The van der Waals surface area contributed by atoms with E-state index >= 15 is 0 Å². The monoisotopic (exact) mass is 287 g/mol. The summed E-state index contributed by atoms with van der Waals surface area (Å²) in [6.45, 7) is 0. The van der Waals surface area contributed by atoms with Crippen LogP contribution in [0.15, 0.2) is 24.5 Å². The van der Waals surface area contributed by atoms with Crippen molar-refractivity contribution in [2.75, 3.05) is 11.1 Å². The number of nitrogens with two attached hydrogens (primary N) is 1. The Morgan fingerprint density at radius 2 is 2.15 bits per heavy atom. The number of halogens is 4. The van der Waals surface area contributed by atoms with Crippen LogP contribution in [0.4, 0.5) is 29.2 Å². The van der Waals surface area contributed by atoms with Gasteiger partial charge in [0.05, 0.1) is 11.9 Å². The van der Waals surface area contributed by atoms with E-state index < -0.39 is 18.4 Å². The highest BCUT2D eigenvalue weighted by Crippen LogP contribution is 2.44. The number of rotatable bonds is 1. The first-order valence-electron chi connectivity index (χ1n) is 5.63. The van der Waals surface area contributed by atoms with E-state index in [1.807, 2.05) is 0 Å². The first-order chi connectivity index (χ1) is 9.28. The molecule has 3 heterocycles. The Kier molecular flexibility index (Phi) is 2.44. The van der Waals surface area contributed by atoms with Gasteiger partial charge in [-0.1, -0.05) is 0 Å². The van der Waals surface area contributed by atoms with E-state index in [0.717, 1.165) is 0 Å². The van der Waals surface area contributed by atoms with Crippen LogP contribution in [-0.4, -0.2) is 20.9 Å². The number of nitrogens with zero attached hydrogens (tertiary/aromatic N) is 3. The van der Waals surface area contributed by atoms with Crippen LogP contribution < -0.4 is 11.1 Å². The van der Waals surface area contributed by atoms with Crippen LogP contribution in [0.25, 0.3) is 5.69 Å². The highest BCUT2D eigenvalue weighted by molar-refractivity contribution is 5.60. The van der Waals surface area contributed by atoms with Crippen molar-refractivity contribution in [2.45, 2.75) is 18.4 Å². The van der Waals surface area contributed by atoms with Crippen molar-refractivity contribution < 1.29 is 17.6 Å². The lowest BCUT2D eigenvalue weighted by Gasteiger charge is -2.34. The predicted molar refractivity (Wildman–Crippen MR) is 62.9 cm³/mol. The number of alkyl halides is 4. The molecule has 0 saturated heterocycles. The molecule has 0 aliphatic carbocycles. The van der Waals surface area contributed by atoms with E-state index in [1.54, 1.807) is 0 Å². The van der Waals surface area contributed by atoms with Crippen molar-refractivity contribution in [2.24, 2.45) is 0 Å². The maximum atomic E-state index is 14.8. The Labute approximate surface area is 110 Å². The van der Waals surface area contributed by atoms with Crippen LogP contribution in [0, 0.1) is 0 Å². The lowest BCUT2D eigenvalue weighted by atomic mass is 9.98. The molecule has 9 heteroatoms. The lowest BCUT2D eigenvalue weighted by Crippen LogP contribution is -2.40. The van der Waals surface area contributed by atoms with E-state index in [1.165, 1.54) is 29.2 Å². The molecule has 0 radical (unpaired) electrons. The van der Waals surface area contributed by atoms with Crippen LogP contribution >= 0.6 is 0 Å². The average Bonchev–Trinajstić information content (AvgIpc) is 2.67. The van der Waals surface area contributed by atoms with Crippen LogP contribution in [0.1, 0.15) is 12.0 Å². The number of fused-ring (bicyclic) bond motifs is 3. The van der Waals surface area contributed by atoms with E-state index in [9.17, 15) is 17.6 Å².